The van der Waals surface area contributed by atoms with Crippen molar-refractivity contribution in [2.45, 2.75) is 18.2 Å². The van der Waals surface area contributed by atoms with Crippen molar-refractivity contribution >= 4 is 27.2 Å². The smallest absolute Gasteiger partial charge is 0.354 e. The zero-order valence-electron chi connectivity index (χ0n) is 9.47. The molecule has 1 aliphatic heterocycles. The molecule has 17 heavy (non-hydrogen) atoms. The minimum atomic E-state index is -3.45. The van der Waals surface area contributed by atoms with E-state index in [0.29, 0.717) is 12.1 Å². The Kier molecular flexibility index (Phi) is 2.57. The van der Waals surface area contributed by atoms with Gasteiger partial charge in [0, 0.05) is 19.0 Å². The van der Waals surface area contributed by atoms with Crippen LogP contribution in [0.3, 0.4) is 0 Å². The fourth-order valence-electron chi connectivity index (χ4n) is 1.84. The van der Waals surface area contributed by atoms with Crippen molar-refractivity contribution < 1.29 is 18.3 Å². The summed E-state index contributed by atoms with van der Waals surface area (Å²) >= 11 is 0. The summed E-state index contributed by atoms with van der Waals surface area (Å²) in [6.45, 7) is 1.79. The zero-order valence-corrected chi connectivity index (χ0v) is 10.3. The molecule has 0 aliphatic carbocycles. The number of hydrogen-bond donors (Lipinski definition) is 1. The van der Waals surface area contributed by atoms with Gasteiger partial charge in [-0.3, -0.25) is 4.99 Å². The van der Waals surface area contributed by atoms with E-state index < -0.39 is 15.8 Å². The third-order valence-electron chi connectivity index (χ3n) is 2.69. The first-order valence-corrected chi connectivity index (χ1v) is 6.74. The molecule has 0 saturated heterocycles. The molecular weight excluding hydrogens is 244 g/mol. The van der Waals surface area contributed by atoms with Gasteiger partial charge in [0.2, 0.25) is 0 Å². The second-order valence-electron chi connectivity index (χ2n) is 3.90. The number of fused-ring (bicyclic) bond motifs is 1. The van der Waals surface area contributed by atoms with Gasteiger partial charge in [-0.25, -0.2) is 13.2 Å². The van der Waals surface area contributed by atoms with E-state index in [9.17, 15) is 13.2 Å². The van der Waals surface area contributed by atoms with Crippen molar-refractivity contribution in [3.63, 3.8) is 0 Å². The molecule has 0 spiro atoms. The topological polar surface area (TPSA) is 88.7 Å². The summed E-state index contributed by atoms with van der Waals surface area (Å²) in [7, 11) is -1.96. The Balaban J connectivity index is 2.79. The number of aliphatic imine (C=N–C) groups is 1. The molecule has 0 atom stereocenters. The standard InChI is InChI=1S/C10H12N2O4S/c1-3-6-5-17(15,16)7-4-12(2)9(10(13)14)8(7)11-6/h4H,3,5H2,1-2H3,(H,13,14). The Morgan fingerprint density at radius 3 is 2.76 bits per heavy atom. The highest BCUT2D eigenvalue weighted by Gasteiger charge is 2.32. The van der Waals surface area contributed by atoms with Gasteiger partial charge in [0.25, 0.3) is 0 Å². The summed E-state index contributed by atoms with van der Waals surface area (Å²) in [4.78, 5) is 15.2. The Bertz CT molecular complexity index is 625. The molecule has 0 aromatic carbocycles. The number of rotatable bonds is 2. The number of carboxylic acid groups (broad SMARTS) is 1. The van der Waals surface area contributed by atoms with E-state index in [0.717, 1.165) is 0 Å². The predicted octanol–water partition coefficient (Wildman–Crippen LogP) is 0.993. The number of carbonyl (C=O) groups is 1. The molecule has 2 heterocycles. The molecule has 0 unspecified atom stereocenters. The van der Waals surface area contributed by atoms with Crippen LogP contribution in [0.4, 0.5) is 5.69 Å². The lowest BCUT2D eigenvalue weighted by molar-refractivity contribution is 0.0687. The van der Waals surface area contributed by atoms with Crippen LogP contribution in [0.2, 0.25) is 0 Å². The van der Waals surface area contributed by atoms with Gasteiger partial charge in [-0.15, -0.1) is 0 Å². The van der Waals surface area contributed by atoms with Crippen LogP contribution in [0.15, 0.2) is 16.1 Å². The zero-order chi connectivity index (χ0) is 12.8. The Hall–Kier alpha value is -1.63. The van der Waals surface area contributed by atoms with Gasteiger partial charge in [-0.1, -0.05) is 6.92 Å². The van der Waals surface area contributed by atoms with E-state index in [-0.39, 0.29) is 22.0 Å². The third-order valence-corrected chi connectivity index (χ3v) is 4.38. The number of aryl methyl sites for hydroxylation is 1. The van der Waals surface area contributed by atoms with Crippen LogP contribution in [0.1, 0.15) is 23.8 Å². The lowest BCUT2D eigenvalue weighted by Gasteiger charge is -2.11. The molecule has 6 nitrogen and oxygen atoms in total. The maximum absolute atomic E-state index is 11.9. The van der Waals surface area contributed by atoms with E-state index in [1.54, 1.807) is 6.92 Å². The van der Waals surface area contributed by atoms with Gasteiger partial charge in [-0.05, 0) is 6.42 Å². The van der Waals surface area contributed by atoms with Crippen molar-refractivity contribution in [3.05, 3.63) is 11.9 Å². The first-order chi connectivity index (χ1) is 7.86. The van der Waals surface area contributed by atoms with Crippen molar-refractivity contribution in [1.82, 2.24) is 4.57 Å². The first kappa shape index (κ1) is 11.8. The number of carboxylic acids is 1. The third kappa shape index (κ3) is 1.76. The lowest BCUT2D eigenvalue weighted by atomic mass is 10.3. The van der Waals surface area contributed by atoms with Gasteiger partial charge < -0.3 is 9.67 Å². The maximum atomic E-state index is 11.9. The summed E-state index contributed by atoms with van der Waals surface area (Å²) in [6, 6.07) is 0. The van der Waals surface area contributed by atoms with Gasteiger partial charge in [0.1, 0.15) is 10.6 Å². The minimum absolute atomic E-state index is 0.00889. The summed E-state index contributed by atoms with van der Waals surface area (Å²) in [5.41, 5.74) is 0.462. The molecule has 92 valence electrons. The molecule has 1 aromatic rings. The summed E-state index contributed by atoms with van der Waals surface area (Å²) in [5.74, 6) is -1.30. The van der Waals surface area contributed by atoms with Crippen LogP contribution in [0.5, 0.6) is 0 Å². The number of sulfone groups is 1. The molecule has 7 heteroatoms. The fraction of sp³-hybridized carbons (Fsp3) is 0.400. The molecule has 1 N–H and O–H groups in total. The molecule has 0 amide bonds. The number of aromatic carboxylic acids is 1. The van der Waals surface area contributed by atoms with Gasteiger partial charge in [0.05, 0.1) is 5.75 Å². The van der Waals surface area contributed by atoms with Crippen LogP contribution in [0.25, 0.3) is 0 Å². The van der Waals surface area contributed by atoms with E-state index in [1.807, 2.05) is 0 Å². The molecule has 0 bridgehead atoms. The number of nitrogens with zero attached hydrogens (tertiary/aromatic N) is 2. The molecular formula is C10H12N2O4S. The molecule has 1 aromatic heterocycles. The number of hydrogen-bond acceptors (Lipinski definition) is 4. The van der Waals surface area contributed by atoms with Crippen LogP contribution in [-0.4, -0.2) is 35.5 Å². The van der Waals surface area contributed by atoms with Crippen molar-refractivity contribution in [2.75, 3.05) is 5.75 Å². The quantitative estimate of drug-likeness (QED) is 0.854. The predicted molar refractivity (Wildman–Crippen MR) is 61.8 cm³/mol. The van der Waals surface area contributed by atoms with Crippen molar-refractivity contribution in [2.24, 2.45) is 12.0 Å². The summed E-state index contributed by atoms with van der Waals surface area (Å²) in [6.07, 6.45) is 1.80. The van der Waals surface area contributed by atoms with Gasteiger partial charge in [-0.2, -0.15) is 0 Å². The highest BCUT2D eigenvalue weighted by atomic mass is 32.2. The Morgan fingerprint density at radius 1 is 1.59 bits per heavy atom. The van der Waals surface area contributed by atoms with Crippen molar-refractivity contribution in [1.29, 1.82) is 0 Å². The summed E-state index contributed by atoms with van der Waals surface area (Å²) < 4.78 is 25.2. The van der Waals surface area contributed by atoms with E-state index in [2.05, 4.69) is 4.99 Å². The van der Waals surface area contributed by atoms with E-state index >= 15 is 0 Å². The molecule has 1 aliphatic rings. The Morgan fingerprint density at radius 2 is 2.24 bits per heavy atom. The van der Waals surface area contributed by atoms with E-state index in [4.69, 9.17) is 5.11 Å². The first-order valence-electron chi connectivity index (χ1n) is 5.08. The van der Waals surface area contributed by atoms with E-state index in [1.165, 1.54) is 17.8 Å². The maximum Gasteiger partial charge on any atom is 0.354 e. The SMILES string of the molecule is CCC1=Nc2c(cn(C)c2C(=O)O)S(=O)(=O)C1. The highest BCUT2D eigenvalue weighted by molar-refractivity contribution is 7.92. The monoisotopic (exact) mass is 256 g/mol. The van der Waals surface area contributed by atoms with Crippen LogP contribution in [0, 0.1) is 0 Å². The molecule has 0 saturated carbocycles. The van der Waals surface area contributed by atoms with Crippen LogP contribution < -0.4 is 0 Å². The van der Waals surface area contributed by atoms with Crippen molar-refractivity contribution in [3.8, 4) is 0 Å². The average Bonchev–Trinajstić information content (AvgIpc) is 2.54. The second-order valence-corrected chi connectivity index (χ2v) is 5.86. The van der Waals surface area contributed by atoms with Gasteiger partial charge >= 0.3 is 5.97 Å². The molecule has 0 fully saturated rings. The number of aromatic nitrogens is 1. The van der Waals surface area contributed by atoms with Crippen LogP contribution in [-0.2, 0) is 16.9 Å². The fourth-order valence-corrected chi connectivity index (χ4v) is 3.46. The minimum Gasteiger partial charge on any atom is -0.477 e. The van der Waals surface area contributed by atoms with Gasteiger partial charge in [0.15, 0.2) is 15.5 Å². The highest BCUT2D eigenvalue weighted by Crippen LogP contribution is 2.34. The molecule has 2 rings (SSSR count). The summed E-state index contributed by atoms with van der Waals surface area (Å²) in [5, 5.41) is 9.05. The lowest BCUT2D eigenvalue weighted by Crippen LogP contribution is -2.19. The average molecular weight is 256 g/mol. The van der Waals surface area contributed by atoms with Crippen LogP contribution >= 0.6 is 0 Å². The largest absolute Gasteiger partial charge is 0.477 e. The molecule has 0 radical (unpaired) electrons. The normalized spacial score (nSPS) is 17.4. The second kappa shape index (κ2) is 3.69. The Labute approximate surface area is 98.5 Å².